The average molecular weight is 487 g/mol. The van der Waals surface area contributed by atoms with Crippen molar-refractivity contribution in [2.24, 2.45) is 17.8 Å². The van der Waals surface area contributed by atoms with Crippen molar-refractivity contribution in [1.29, 1.82) is 0 Å². The first-order valence-electron chi connectivity index (χ1n) is 12.2. The molecule has 0 bridgehead atoms. The van der Waals surface area contributed by atoms with E-state index in [4.69, 9.17) is 13.9 Å². The molecule has 0 aromatic carbocycles. The number of aliphatic hydroxyl groups is 3. The van der Waals surface area contributed by atoms with Gasteiger partial charge < -0.3 is 29.2 Å². The average Bonchev–Trinajstić information content (AvgIpc) is 3.40. The molecule has 0 aliphatic carbocycles. The highest BCUT2D eigenvalue weighted by Crippen LogP contribution is 2.51. The quantitative estimate of drug-likeness (QED) is 0.247. The number of aliphatic hydroxyl groups excluding tert-OH is 2. The second-order valence-corrected chi connectivity index (χ2v) is 16.3. The van der Waals surface area contributed by atoms with Crippen molar-refractivity contribution in [1.82, 2.24) is 0 Å². The molecule has 0 aromatic rings. The van der Waals surface area contributed by atoms with Crippen molar-refractivity contribution in [2.45, 2.75) is 109 Å². The van der Waals surface area contributed by atoms with Gasteiger partial charge in [-0.05, 0) is 38.4 Å². The van der Waals surface area contributed by atoms with Crippen molar-refractivity contribution in [3.63, 3.8) is 0 Å². The summed E-state index contributed by atoms with van der Waals surface area (Å²) in [5.74, 6) is -3.32. The van der Waals surface area contributed by atoms with Gasteiger partial charge in [0.2, 0.25) is 0 Å². The Labute approximate surface area is 200 Å². The van der Waals surface area contributed by atoms with Crippen LogP contribution in [-0.2, 0) is 18.7 Å². The van der Waals surface area contributed by atoms with Gasteiger partial charge in [0.1, 0.15) is 11.4 Å². The lowest BCUT2D eigenvalue weighted by Gasteiger charge is -2.44. The summed E-state index contributed by atoms with van der Waals surface area (Å²) in [7, 11) is -2.34. The number of hydrogen-bond acceptors (Lipinski definition) is 7. The number of ether oxygens (including phenoxy) is 2. The summed E-state index contributed by atoms with van der Waals surface area (Å²) in [5, 5.41) is 31.4. The second-order valence-electron chi connectivity index (χ2n) is 11.6. The normalized spacial score (nSPS) is 35.9. The maximum absolute atomic E-state index is 13.7. The van der Waals surface area contributed by atoms with Crippen LogP contribution in [0.15, 0.2) is 12.2 Å². The number of carbonyl (C=O) groups is 1. The van der Waals surface area contributed by atoms with Crippen molar-refractivity contribution >= 4 is 14.1 Å². The van der Waals surface area contributed by atoms with Crippen LogP contribution in [0, 0.1) is 17.8 Å². The van der Waals surface area contributed by atoms with E-state index >= 15 is 0 Å². The summed E-state index contributed by atoms with van der Waals surface area (Å²) in [4.78, 5) is 13.7. The molecule has 2 heterocycles. The third-order valence-electron chi connectivity index (χ3n) is 8.02. The number of epoxide rings is 1. The molecule has 2 aliphatic rings. The van der Waals surface area contributed by atoms with Gasteiger partial charge in [-0.3, -0.25) is 4.79 Å². The fraction of sp³-hybridized carbons (Fsp3) is 0.880. The molecule has 33 heavy (non-hydrogen) atoms. The molecular weight excluding hydrogens is 440 g/mol. The van der Waals surface area contributed by atoms with Crippen LogP contribution in [0.5, 0.6) is 0 Å². The first-order chi connectivity index (χ1) is 15.1. The number of hydrogen-bond donors (Lipinski definition) is 3. The fourth-order valence-corrected chi connectivity index (χ4v) is 5.99. The number of rotatable bonds is 10. The Morgan fingerprint density at radius 3 is 2.39 bits per heavy atom. The van der Waals surface area contributed by atoms with Crippen LogP contribution in [0.1, 0.15) is 61.3 Å². The summed E-state index contributed by atoms with van der Waals surface area (Å²) in [6.45, 7) is 17.9. The Hall–Kier alpha value is -0.613. The van der Waals surface area contributed by atoms with E-state index in [-0.39, 0.29) is 35.9 Å². The van der Waals surface area contributed by atoms with Crippen LogP contribution >= 0.6 is 0 Å². The highest BCUT2D eigenvalue weighted by molar-refractivity contribution is 6.74. The minimum atomic E-state index is -2.34. The van der Waals surface area contributed by atoms with E-state index in [1.165, 1.54) is 0 Å². The van der Waals surface area contributed by atoms with Gasteiger partial charge in [-0.25, -0.2) is 0 Å². The monoisotopic (exact) mass is 486 g/mol. The molecule has 3 N–H and O–H groups in total. The number of ketones is 1. The highest BCUT2D eigenvalue weighted by Gasteiger charge is 2.64. The molecule has 2 unspecified atom stereocenters. The largest absolute Gasteiger partial charge is 0.410 e. The predicted octanol–water partition coefficient (Wildman–Crippen LogP) is 3.42. The van der Waals surface area contributed by atoms with Crippen LogP contribution < -0.4 is 0 Å². The van der Waals surface area contributed by atoms with Crippen LogP contribution in [0.2, 0.25) is 18.1 Å². The maximum Gasteiger partial charge on any atom is 0.192 e. The second kappa shape index (κ2) is 10.2. The standard InChI is InChI=1S/C25H46O7Si/c1-10-12-16(3)21-24(7,31-21)22(32-33(8,9)23(4,5)6)17(14-26)20(28)18-15-30-25(29,11-2)13-19(18)27/h10,12,16-19,21-22,26-27,29H,11,13-15H2,1-9H3/t16-,17-,18-,19-,21+,22-,24?,25?/m0/s1. The Morgan fingerprint density at radius 1 is 1.33 bits per heavy atom. The molecular formula is C25H46O7Si. The SMILES string of the molecule is CC=C[C@H](C)[C@H]1OC1(C)[C@@H](O[Si](C)(C)C(C)(C)C)[C@@H](CO)C(=O)[C@H]1COC(O)(CC)C[C@@H]1O. The van der Waals surface area contributed by atoms with Gasteiger partial charge in [-0.2, -0.15) is 0 Å². The number of carbonyl (C=O) groups excluding carboxylic acids is 1. The van der Waals surface area contributed by atoms with E-state index in [2.05, 4.69) is 46.9 Å². The molecule has 192 valence electrons. The summed E-state index contributed by atoms with van der Waals surface area (Å²) in [6.07, 6.45) is 2.48. The van der Waals surface area contributed by atoms with E-state index in [1.54, 1.807) is 6.92 Å². The Balaban J connectivity index is 2.37. The fourth-order valence-electron chi connectivity index (χ4n) is 4.61. The van der Waals surface area contributed by atoms with Gasteiger partial charge in [-0.15, -0.1) is 0 Å². The van der Waals surface area contributed by atoms with Crippen LogP contribution in [0.3, 0.4) is 0 Å². The molecule has 7 nitrogen and oxygen atoms in total. The molecule has 0 amide bonds. The topological polar surface area (TPSA) is 109 Å². The van der Waals surface area contributed by atoms with E-state index in [0.717, 1.165) is 0 Å². The van der Waals surface area contributed by atoms with Crippen molar-refractivity contribution in [3.8, 4) is 0 Å². The first kappa shape index (κ1) is 28.6. The van der Waals surface area contributed by atoms with Crippen molar-refractivity contribution in [2.75, 3.05) is 13.2 Å². The summed E-state index contributed by atoms with van der Waals surface area (Å²) < 4.78 is 18.5. The summed E-state index contributed by atoms with van der Waals surface area (Å²) in [6, 6.07) is 0. The Kier molecular flexibility index (Phi) is 8.82. The van der Waals surface area contributed by atoms with Gasteiger partial charge in [0.05, 0.1) is 43.4 Å². The van der Waals surface area contributed by atoms with E-state index in [9.17, 15) is 20.1 Å². The first-order valence-corrected chi connectivity index (χ1v) is 15.1. The molecule has 2 rings (SSSR count). The lowest BCUT2D eigenvalue weighted by molar-refractivity contribution is -0.258. The molecule has 2 aliphatic heterocycles. The number of allylic oxidation sites excluding steroid dienone is 1. The van der Waals surface area contributed by atoms with Gasteiger partial charge in [-0.1, -0.05) is 46.8 Å². The van der Waals surface area contributed by atoms with Gasteiger partial charge in [0.15, 0.2) is 14.1 Å². The van der Waals surface area contributed by atoms with Crippen molar-refractivity contribution < 1.29 is 34.0 Å². The molecule has 0 spiro atoms. The van der Waals surface area contributed by atoms with Gasteiger partial charge in [0.25, 0.3) is 0 Å². The maximum atomic E-state index is 13.7. The zero-order chi connectivity index (χ0) is 25.4. The molecule has 0 radical (unpaired) electrons. The molecule has 2 fully saturated rings. The van der Waals surface area contributed by atoms with Crippen LogP contribution in [0.25, 0.3) is 0 Å². The van der Waals surface area contributed by atoms with Crippen molar-refractivity contribution in [3.05, 3.63) is 12.2 Å². The number of Topliss-reactive ketones (excluding diaryl/α,β-unsaturated/α-hetero) is 1. The molecule has 8 heteroatoms. The minimum absolute atomic E-state index is 0.0411. The third kappa shape index (κ3) is 5.97. The lowest BCUT2D eigenvalue weighted by Crippen LogP contribution is -2.56. The Bertz CT molecular complexity index is 718. The molecule has 0 aromatic heterocycles. The minimum Gasteiger partial charge on any atom is -0.410 e. The van der Waals surface area contributed by atoms with Gasteiger partial charge in [0, 0.05) is 12.3 Å². The van der Waals surface area contributed by atoms with Crippen LogP contribution in [-0.4, -0.2) is 72.3 Å². The van der Waals surface area contributed by atoms with E-state index in [0.29, 0.717) is 6.42 Å². The summed E-state index contributed by atoms with van der Waals surface area (Å²) in [5.41, 5.74) is -0.734. The Morgan fingerprint density at radius 2 is 1.94 bits per heavy atom. The predicted molar refractivity (Wildman–Crippen MR) is 130 cm³/mol. The molecule has 2 saturated heterocycles. The molecule has 0 saturated carbocycles. The smallest absolute Gasteiger partial charge is 0.192 e. The lowest BCUT2D eigenvalue weighted by atomic mass is 9.78. The summed E-state index contributed by atoms with van der Waals surface area (Å²) >= 11 is 0. The van der Waals surface area contributed by atoms with Crippen LogP contribution in [0.4, 0.5) is 0 Å². The van der Waals surface area contributed by atoms with Gasteiger partial charge >= 0.3 is 0 Å². The zero-order valence-electron chi connectivity index (χ0n) is 21.9. The van der Waals surface area contributed by atoms with E-state index in [1.807, 2.05) is 19.9 Å². The van der Waals surface area contributed by atoms with E-state index < -0.39 is 50.4 Å². The highest BCUT2D eigenvalue weighted by atomic mass is 28.4. The third-order valence-corrected chi connectivity index (χ3v) is 12.5. The molecule has 8 atom stereocenters. The zero-order valence-corrected chi connectivity index (χ0v) is 22.9.